The van der Waals surface area contributed by atoms with E-state index < -0.39 is 0 Å². The van der Waals surface area contributed by atoms with E-state index in [1.165, 1.54) is 307 Å². The standard InChI is InChI=1S/C51H106N/c1-5-8-11-14-17-20-23-26-29-30-33-36-39-42-45-48-51-52(4,49-46-43-40-37-34-31-27-24-21-18-15-12-9-6-2)50-47-44-41-38-35-32-28-25-22-19-16-13-10-7-3/h5-51H2,1-4H3/q+1. The van der Waals surface area contributed by atoms with Crippen molar-refractivity contribution in [3.8, 4) is 0 Å². The van der Waals surface area contributed by atoms with Gasteiger partial charge in [-0.25, -0.2) is 0 Å². The zero-order valence-electron chi connectivity index (χ0n) is 37.7. The second-order valence-electron chi connectivity index (χ2n) is 18.3. The molecule has 52 heavy (non-hydrogen) atoms. The first-order valence-electron chi connectivity index (χ1n) is 25.5. The van der Waals surface area contributed by atoms with E-state index in [1.54, 1.807) is 0 Å². The lowest BCUT2D eigenvalue weighted by Crippen LogP contribution is -2.46. The van der Waals surface area contributed by atoms with Gasteiger partial charge in [0.2, 0.25) is 0 Å². The summed E-state index contributed by atoms with van der Waals surface area (Å²) in [6, 6.07) is 0. The lowest BCUT2D eigenvalue weighted by atomic mass is 10.0. The minimum absolute atomic E-state index is 1.37. The predicted octanol–water partition coefficient (Wildman–Crippen LogP) is 18.7. The van der Waals surface area contributed by atoms with Crippen molar-refractivity contribution in [3.05, 3.63) is 0 Å². The summed E-state index contributed by atoms with van der Waals surface area (Å²) in [5, 5.41) is 0. The maximum Gasteiger partial charge on any atom is 0.0784 e. The lowest BCUT2D eigenvalue weighted by molar-refractivity contribution is -0.910. The number of nitrogens with zero attached hydrogens (tertiary/aromatic N) is 1. The summed E-state index contributed by atoms with van der Waals surface area (Å²) in [5.74, 6) is 0. The predicted molar refractivity (Wildman–Crippen MR) is 241 cm³/mol. The molecule has 0 bridgehead atoms. The average molecular weight is 733 g/mol. The van der Waals surface area contributed by atoms with Crippen LogP contribution in [0.3, 0.4) is 0 Å². The van der Waals surface area contributed by atoms with Crippen molar-refractivity contribution < 1.29 is 4.48 Å². The van der Waals surface area contributed by atoms with Gasteiger partial charge in [-0.2, -0.15) is 0 Å². The summed E-state index contributed by atoms with van der Waals surface area (Å²) >= 11 is 0. The fraction of sp³-hybridized carbons (Fsp3) is 1.00. The Labute approximate surface area is 333 Å². The molecule has 314 valence electrons. The molecule has 0 aliphatic carbocycles. The lowest BCUT2D eigenvalue weighted by Gasteiger charge is -2.35. The van der Waals surface area contributed by atoms with E-state index >= 15 is 0 Å². The first-order valence-corrected chi connectivity index (χ1v) is 25.5. The third-order valence-corrected chi connectivity index (χ3v) is 12.7. The highest BCUT2D eigenvalue weighted by Crippen LogP contribution is 2.19. The van der Waals surface area contributed by atoms with Gasteiger partial charge in [0.05, 0.1) is 26.7 Å². The zero-order chi connectivity index (χ0) is 37.7. The molecule has 0 aromatic heterocycles. The monoisotopic (exact) mass is 733 g/mol. The van der Waals surface area contributed by atoms with Gasteiger partial charge in [0, 0.05) is 0 Å². The van der Waals surface area contributed by atoms with Crippen LogP contribution in [0.2, 0.25) is 0 Å². The van der Waals surface area contributed by atoms with Crippen molar-refractivity contribution >= 4 is 0 Å². The number of hydrogen-bond donors (Lipinski definition) is 0. The Kier molecular flexibility index (Phi) is 45.3. The van der Waals surface area contributed by atoms with E-state index in [-0.39, 0.29) is 0 Å². The van der Waals surface area contributed by atoms with Crippen LogP contribution < -0.4 is 0 Å². The molecule has 0 atom stereocenters. The molecule has 0 aliphatic rings. The molecule has 0 rings (SSSR count). The molecule has 1 heteroatoms. The fourth-order valence-corrected chi connectivity index (χ4v) is 8.75. The highest BCUT2D eigenvalue weighted by Gasteiger charge is 2.20. The van der Waals surface area contributed by atoms with Gasteiger partial charge in [0.1, 0.15) is 0 Å². The maximum atomic E-state index is 2.63. The second-order valence-corrected chi connectivity index (χ2v) is 18.3. The normalized spacial score (nSPS) is 12.0. The van der Waals surface area contributed by atoms with Gasteiger partial charge in [-0.3, -0.25) is 0 Å². The molecule has 0 heterocycles. The molecule has 0 aliphatic heterocycles. The van der Waals surface area contributed by atoms with E-state index in [4.69, 9.17) is 0 Å². The summed E-state index contributed by atoms with van der Waals surface area (Å²) in [6.45, 7) is 11.3. The Morgan fingerprint density at radius 2 is 0.288 bits per heavy atom. The molecule has 1 nitrogen and oxygen atoms in total. The summed E-state index contributed by atoms with van der Waals surface area (Å²) in [6.07, 6.45) is 64.7. The largest absolute Gasteiger partial charge is 0.326 e. The summed E-state index contributed by atoms with van der Waals surface area (Å²) in [7, 11) is 2.63. The zero-order valence-corrected chi connectivity index (χ0v) is 37.7. The van der Waals surface area contributed by atoms with Gasteiger partial charge in [0.15, 0.2) is 0 Å². The van der Waals surface area contributed by atoms with Gasteiger partial charge in [0.25, 0.3) is 0 Å². The molecule has 0 aromatic carbocycles. The van der Waals surface area contributed by atoms with Gasteiger partial charge in [-0.1, -0.05) is 265 Å². The van der Waals surface area contributed by atoms with Crippen LogP contribution in [-0.4, -0.2) is 31.2 Å². The van der Waals surface area contributed by atoms with E-state index in [9.17, 15) is 0 Å². The molecule has 0 amide bonds. The van der Waals surface area contributed by atoms with Crippen molar-refractivity contribution in [1.29, 1.82) is 0 Å². The van der Waals surface area contributed by atoms with E-state index in [2.05, 4.69) is 27.8 Å². The van der Waals surface area contributed by atoms with Gasteiger partial charge in [-0.05, 0) is 38.5 Å². The molecule has 0 fully saturated rings. The summed E-state index contributed by atoms with van der Waals surface area (Å²) in [4.78, 5) is 0. The molecular formula is C51H106N+. The maximum absolute atomic E-state index is 2.63. The Balaban J connectivity index is 4.07. The first kappa shape index (κ1) is 52.0. The first-order chi connectivity index (χ1) is 25.7. The minimum atomic E-state index is 1.37. The van der Waals surface area contributed by atoms with Crippen LogP contribution in [0.25, 0.3) is 0 Å². The third-order valence-electron chi connectivity index (χ3n) is 12.7. The molecule has 0 saturated heterocycles. The van der Waals surface area contributed by atoms with Crippen molar-refractivity contribution in [2.45, 2.75) is 303 Å². The van der Waals surface area contributed by atoms with Crippen LogP contribution in [0.5, 0.6) is 0 Å². The highest BCUT2D eigenvalue weighted by molar-refractivity contribution is 4.54. The molecule has 0 N–H and O–H groups in total. The summed E-state index contributed by atoms with van der Waals surface area (Å²) in [5.41, 5.74) is 0. The number of quaternary nitrogens is 1. The quantitative estimate of drug-likeness (QED) is 0.0432. The molecule has 0 spiro atoms. The molecule has 0 saturated carbocycles. The Hall–Kier alpha value is -0.0400. The highest BCUT2D eigenvalue weighted by atomic mass is 15.3. The van der Waals surface area contributed by atoms with E-state index in [0.717, 1.165) is 0 Å². The topological polar surface area (TPSA) is 0 Å². The van der Waals surface area contributed by atoms with Crippen molar-refractivity contribution in [2.24, 2.45) is 0 Å². The number of unbranched alkanes of at least 4 members (excludes halogenated alkanes) is 41. The van der Waals surface area contributed by atoms with Gasteiger partial charge in [-0.15, -0.1) is 0 Å². The van der Waals surface area contributed by atoms with Crippen molar-refractivity contribution in [3.63, 3.8) is 0 Å². The van der Waals surface area contributed by atoms with Crippen LogP contribution in [0.4, 0.5) is 0 Å². The molecule has 0 unspecified atom stereocenters. The average Bonchev–Trinajstić information content (AvgIpc) is 3.15. The van der Waals surface area contributed by atoms with E-state index in [1.807, 2.05) is 0 Å². The van der Waals surface area contributed by atoms with Crippen LogP contribution in [0.1, 0.15) is 303 Å². The van der Waals surface area contributed by atoms with Crippen molar-refractivity contribution in [1.82, 2.24) is 0 Å². The molecule has 0 aromatic rings. The third kappa shape index (κ3) is 42.7. The molecule has 0 radical (unpaired) electrons. The van der Waals surface area contributed by atoms with Crippen LogP contribution in [0, 0.1) is 0 Å². The van der Waals surface area contributed by atoms with Gasteiger partial charge < -0.3 is 4.48 Å². The fourth-order valence-electron chi connectivity index (χ4n) is 8.75. The van der Waals surface area contributed by atoms with Crippen LogP contribution >= 0.6 is 0 Å². The Morgan fingerprint density at radius 1 is 0.173 bits per heavy atom. The Bertz CT molecular complexity index is 580. The smallest absolute Gasteiger partial charge is 0.0784 e. The molecular weight excluding hydrogens is 627 g/mol. The minimum Gasteiger partial charge on any atom is -0.326 e. The number of hydrogen-bond acceptors (Lipinski definition) is 0. The van der Waals surface area contributed by atoms with Crippen molar-refractivity contribution in [2.75, 3.05) is 26.7 Å². The van der Waals surface area contributed by atoms with Crippen LogP contribution in [-0.2, 0) is 0 Å². The SMILES string of the molecule is CCCCCCCCCCCCCCCCCC[N+](C)(CCCCCCCCCCCCCCCC)CCCCCCCCCCCCCCCC. The van der Waals surface area contributed by atoms with Gasteiger partial charge >= 0.3 is 0 Å². The van der Waals surface area contributed by atoms with E-state index in [0.29, 0.717) is 0 Å². The second kappa shape index (κ2) is 45.4. The number of rotatable bonds is 47. The summed E-state index contributed by atoms with van der Waals surface area (Å²) < 4.78 is 1.37. The Morgan fingerprint density at radius 3 is 0.423 bits per heavy atom. The van der Waals surface area contributed by atoms with Crippen LogP contribution in [0.15, 0.2) is 0 Å².